The van der Waals surface area contributed by atoms with Gasteiger partial charge in [0.25, 0.3) is 0 Å². The van der Waals surface area contributed by atoms with E-state index in [0.717, 1.165) is 5.56 Å². The molecule has 0 radical (unpaired) electrons. The third-order valence-corrected chi connectivity index (χ3v) is 3.10. The highest BCUT2D eigenvalue weighted by Gasteiger charge is 2.18. The van der Waals surface area contributed by atoms with Crippen LogP contribution in [0.3, 0.4) is 0 Å². The highest BCUT2D eigenvalue weighted by Crippen LogP contribution is 2.36. The molecule has 1 rings (SSSR count). The van der Waals surface area contributed by atoms with E-state index in [4.69, 9.17) is 39.4 Å². The van der Waals surface area contributed by atoms with Crippen molar-refractivity contribution < 1.29 is 4.74 Å². The third-order valence-electron chi connectivity index (χ3n) is 2.22. The Morgan fingerprint density at radius 3 is 2.27 bits per heavy atom. The first kappa shape index (κ1) is 12.6. The van der Waals surface area contributed by atoms with E-state index in [1.165, 1.54) is 7.11 Å². The lowest BCUT2D eigenvalue weighted by atomic mass is 10.0. The molecule has 0 saturated heterocycles. The van der Waals surface area contributed by atoms with Gasteiger partial charge in [-0.3, -0.25) is 0 Å². The Balaban J connectivity index is 3.17. The van der Waals surface area contributed by atoms with E-state index in [-0.39, 0.29) is 12.1 Å². The number of nitrogens with two attached hydrogens (primary N) is 2. The summed E-state index contributed by atoms with van der Waals surface area (Å²) in [5.74, 6) is 0.530. The van der Waals surface area contributed by atoms with Gasteiger partial charge in [0.15, 0.2) is 0 Å². The standard InChI is InChI=1S/C10H14Cl2N2O/c1-5(13)10(14)6-3-4-7(15-2)9(12)8(6)11/h3-5,10H,13-14H2,1-2H3. The minimum atomic E-state index is -0.332. The molecule has 0 saturated carbocycles. The first-order chi connectivity index (χ1) is 6.99. The number of rotatable bonds is 3. The minimum Gasteiger partial charge on any atom is -0.495 e. The Labute approximate surface area is 99.3 Å². The van der Waals surface area contributed by atoms with E-state index < -0.39 is 0 Å². The molecule has 0 aliphatic rings. The maximum atomic E-state index is 6.07. The van der Waals surface area contributed by atoms with Crippen LogP contribution in [0.2, 0.25) is 10.0 Å². The summed E-state index contributed by atoms with van der Waals surface area (Å²) in [6.45, 7) is 1.82. The molecular weight excluding hydrogens is 235 g/mol. The molecule has 0 aromatic heterocycles. The largest absolute Gasteiger partial charge is 0.495 e. The first-order valence-corrected chi connectivity index (χ1v) is 5.27. The molecule has 15 heavy (non-hydrogen) atoms. The molecule has 3 nitrogen and oxygen atoms in total. The van der Waals surface area contributed by atoms with Crippen molar-refractivity contribution in [2.75, 3.05) is 7.11 Å². The summed E-state index contributed by atoms with van der Waals surface area (Å²) in [5.41, 5.74) is 12.3. The number of methoxy groups -OCH3 is 1. The molecule has 2 unspecified atom stereocenters. The van der Waals surface area contributed by atoms with Crippen LogP contribution in [-0.4, -0.2) is 13.2 Å². The zero-order chi connectivity index (χ0) is 11.6. The van der Waals surface area contributed by atoms with E-state index in [9.17, 15) is 0 Å². The minimum absolute atomic E-state index is 0.188. The van der Waals surface area contributed by atoms with E-state index in [1.807, 2.05) is 6.92 Å². The maximum Gasteiger partial charge on any atom is 0.139 e. The summed E-state index contributed by atoms with van der Waals surface area (Å²) in [5, 5.41) is 0.772. The number of hydrogen-bond donors (Lipinski definition) is 2. The van der Waals surface area contributed by atoms with Crippen LogP contribution in [0.1, 0.15) is 18.5 Å². The van der Waals surface area contributed by atoms with Crippen LogP contribution in [0.25, 0.3) is 0 Å². The van der Waals surface area contributed by atoms with Crippen molar-refractivity contribution in [2.45, 2.75) is 19.0 Å². The predicted octanol–water partition coefficient (Wildman–Crippen LogP) is 2.35. The summed E-state index contributed by atoms with van der Waals surface area (Å²) >= 11 is 12.1. The van der Waals surface area contributed by atoms with Crippen molar-refractivity contribution in [2.24, 2.45) is 11.5 Å². The predicted molar refractivity (Wildman–Crippen MR) is 63.6 cm³/mol. The van der Waals surface area contributed by atoms with Gasteiger partial charge in [0.1, 0.15) is 10.8 Å². The number of hydrogen-bond acceptors (Lipinski definition) is 3. The average Bonchev–Trinajstić information content (AvgIpc) is 2.21. The van der Waals surface area contributed by atoms with E-state index in [1.54, 1.807) is 12.1 Å². The molecule has 1 aromatic carbocycles. The molecule has 0 bridgehead atoms. The normalized spacial score (nSPS) is 14.8. The average molecular weight is 249 g/mol. The van der Waals surface area contributed by atoms with Gasteiger partial charge in [0.05, 0.1) is 12.1 Å². The second-order valence-electron chi connectivity index (χ2n) is 3.37. The lowest BCUT2D eigenvalue weighted by Crippen LogP contribution is -2.31. The van der Waals surface area contributed by atoms with Gasteiger partial charge in [-0.25, -0.2) is 0 Å². The van der Waals surface area contributed by atoms with Gasteiger partial charge in [-0.1, -0.05) is 29.3 Å². The molecule has 84 valence electrons. The first-order valence-electron chi connectivity index (χ1n) is 4.52. The van der Waals surface area contributed by atoms with Gasteiger partial charge in [-0.2, -0.15) is 0 Å². The summed E-state index contributed by atoms with van der Waals surface area (Å²) in [6, 6.07) is 2.99. The van der Waals surface area contributed by atoms with Crippen molar-refractivity contribution >= 4 is 23.2 Å². The van der Waals surface area contributed by atoms with Crippen molar-refractivity contribution in [3.8, 4) is 5.75 Å². The molecule has 2 atom stereocenters. The Hall–Kier alpha value is -0.480. The molecule has 0 spiro atoms. The van der Waals surface area contributed by atoms with Crippen LogP contribution < -0.4 is 16.2 Å². The van der Waals surface area contributed by atoms with Gasteiger partial charge < -0.3 is 16.2 Å². The van der Waals surface area contributed by atoms with Gasteiger partial charge in [-0.15, -0.1) is 0 Å². The summed E-state index contributed by atoms with van der Waals surface area (Å²) in [4.78, 5) is 0. The van der Waals surface area contributed by atoms with E-state index >= 15 is 0 Å². The zero-order valence-electron chi connectivity index (χ0n) is 8.63. The SMILES string of the molecule is COc1ccc(C(N)C(C)N)c(Cl)c1Cl. The van der Waals surface area contributed by atoms with Crippen molar-refractivity contribution in [3.63, 3.8) is 0 Å². The Kier molecular flexibility index (Phi) is 4.22. The summed E-state index contributed by atoms with van der Waals surface area (Å²) in [7, 11) is 1.53. The van der Waals surface area contributed by atoms with Crippen molar-refractivity contribution in [1.82, 2.24) is 0 Å². The van der Waals surface area contributed by atoms with Gasteiger partial charge in [0.2, 0.25) is 0 Å². The fourth-order valence-corrected chi connectivity index (χ4v) is 1.78. The highest BCUT2D eigenvalue weighted by atomic mass is 35.5. The molecule has 1 aromatic rings. The Morgan fingerprint density at radius 1 is 1.20 bits per heavy atom. The molecule has 0 aliphatic heterocycles. The summed E-state index contributed by atoms with van der Waals surface area (Å²) in [6.07, 6.45) is 0. The second-order valence-corrected chi connectivity index (χ2v) is 4.13. The smallest absolute Gasteiger partial charge is 0.139 e. The van der Waals surface area contributed by atoms with Crippen LogP contribution in [0, 0.1) is 0 Å². The molecule has 0 fully saturated rings. The van der Waals surface area contributed by atoms with E-state index in [0.29, 0.717) is 15.8 Å². The van der Waals surface area contributed by atoms with Crippen LogP contribution in [0.5, 0.6) is 5.75 Å². The maximum absolute atomic E-state index is 6.07. The lowest BCUT2D eigenvalue weighted by Gasteiger charge is -2.18. The lowest BCUT2D eigenvalue weighted by molar-refractivity contribution is 0.414. The number of benzene rings is 1. The molecule has 0 heterocycles. The second kappa shape index (κ2) is 5.03. The molecule has 0 aliphatic carbocycles. The van der Waals surface area contributed by atoms with Crippen LogP contribution in [0.4, 0.5) is 0 Å². The Morgan fingerprint density at radius 2 is 1.80 bits per heavy atom. The van der Waals surface area contributed by atoms with Crippen LogP contribution in [0.15, 0.2) is 12.1 Å². The fourth-order valence-electron chi connectivity index (χ4n) is 1.24. The molecular formula is C10H14Cl2N2O. The van der Waals surface area contributed by atoms with E-state index in [2.05, 4.69) is 0 Å². The third kappa shape index (κ3) is 2.55. The fraction of sp³-hybridized carbons (Fsp3) is 0.400. The molecule has 0 amide bonds. The quantitative estimate of drug-likeness (QED) is 0.864. The number of halogens is 2. The highest BCUT2D eigenvalue weighted by molar-refractivity contribution is 6.43. The van der Waals surface area contributed by atoms with Crippen LogP contribution in [-0.2, 0) is 0 Å². The monoisotopic (exact) mass is 248 g/mol. The topological polar surface area (TPSA) is 61.3 Å². The summed E-state index contributed by atoms with van der Waals surface area (Å²) < 4.78 is 5.03. The van der Waals surface area contributed by atoms with Crippen molar-refractivity contribution in [3.05, 3.63) is 27.7 Å². The molecule has 5 heteroatoms. The Bertz CT molecular complexity index is 356. The molecule has 4 N–H and O–H groups in total. The van der Waals surface area contributed by atoms with Gasteiger partial charge in [0, 0.05) is 12.1 Å². The zero-order valence-corrected chi connectivity index (χ0v) is 10.1. The van der Waals surface area contributed by atoms with Gasteiger partial charge >= 0.3 is 0 Å². The number of ether oxygens (including phenoxy) is 1. The van der Waals surface area contributed by atoms with Gasteiger partial charge in [-0.05, 0) is 18.6 Å². The van der Waals surface area contributed by atoms with Crippen molar-refractivity contribution in [1.29, 1.82) is 0 Å². The van der Waals surface area contributed by atoms with Crippen LogP contribution >= 0.6 is 23.2 Å².